The summed E-state index contributed by atoms with van der Waals surface area (Å²) in [6.45, 7) is 22.8. The van der Waals surface area contributed by atoms with Crippen LogP contribution >= 0.6 is 0 Å². The van der Waals surface area contributed by atoms with Gasteiger partial charge < -0.3 is 10.2 Å². The van der Waals surface area contributed by atoms with Crippen LogP contribution in [0.3, 0.4) is 0 Å². The van der Waals surface area contributed by atoms with E-state index < -0.39 is 17.4 Å². The van der Waals surface area contributed by atoms with Crippen molar-refractivity contribution in [2.24, 2.45) is 63.6 Å². The van der Waals surface area contributed by atoms with Crippen LogP contribution in [0.5, 0.6) is 0 Å². The van der Waals surface area contributed by atoms with E-state index in [-0.39, 0.29) is 28.6 Å². The van der Waals surface area contributed by atoms with Gasteiger partial charge >= 0.3 is 11.9 Å². The van der Waals surface area contributed by atoms with Crippen molar-refractivity contribution in [3.8, 4) is 0 Å². The average molecular weight is 605 g/mol. The summed E-state index contributed by atoms with van der Waals surface area (Å²) in [7, 11) is 0. The molecule has 4 saturated carbocycles. The molecule has 0 spiro atoms. The van der Waals surface area contributed by atoms with Crippen LogP contribution in [0.25, 0.3) is 0 Å². The fourth-order valence-corrected chi connectivity index (χ4v) is 12.1. The van der Waals surface area contributed by atoms with Gasteiger partial charge in [0.25, 0.3) is 0 Å². The highest BCUT2D eigenvalue weighted by molar-refractivity contribution is 5.75. The molecule has 0 aromatic rings. The lowest BCUT2D eigenvalue weighted by Crippen LogP contribution is -2.53. The highest BCUT2D eigenvalue weighted by Gasteiger charge is 2.58. The molecule has 2 N–H and O–H groups in total. The van der Waals surface area contributed by atoms with Crippen molar-refractivity contribution in [1.82, 2.24) is 0 Å². The Balaban J connectivity index is 1.41. The summed E-state index contributed by atoms with van der Waals surface area (Å²) >= 11 is 0. The molecule has 0 radical (unpaired) electrons. The van der Waals surface area contributed by atoms with Gasteiger partial charge in [-0.25, -0.2) is 0 Å². The number of hydrogen-bond donors (Lipinski definition) is 2. The van der Waals surface area contributed by atoms with Gasteiger partial charge in [0, 0.05) is 0 Å². The lowest BCUT2D eigenvalue weighted by atomic mass is 9.46. The quantitative estimate of drug-likeness (QED) is 0.284. The Morgan fingerprint density at radius 3 is 2.34 bits per heavy atom. The largest absolute Gasteiger partial charge is 0.481 e. The summed E-state index contributed by atoms with van der Waals surface area (Å²) in [6, 6.07) is 0. The number of aliphatic carboxylic acids is 2. The number of carboxylic acid groups (broad SMARTS) is 2. The van der Waals surface area contributed by atoms with Crippen molar-refractivity contribution in [3.63, 3.8) is 0 Å². The Kier molecular flexibility index (Phi) is 9.26. The molecule has 5 aliphatic carbocycles. The highest BCUT2D eigenvalue weighted by Crippen LogP contribution is 2.63. The van der Waals surface area contributed by atoms with Crippen molar-refractivity contribution in [3.05, 3.63) is 47.6 Å². The topological polar surface area (TPSA) is 74.6 Å². The van der Waals surface area contributed by atoms with E-state index in [2.05, 4.69) is 59.9 Å². The molecule has 0 saturated heterocycles. The van der Waals surface area contributed by atoms with Crippen molar-refractivity contribution >= 4 is 11.9 Å². The summed E-state index contributed by atoms with van der Waals surface area (Å²) in [6.07, 6.45) is 17.7. The van der Waals surface area contributed by atoms with Crippen LogP contribution in [0, 0.1) is 63.6 Å². The number of carboxylic acids is 2. The zero-order valence-electron chi connectivity index (χ0n) is 28.6. The molecule has 244 valence electrons. The lowest BCUT2D eigenvalue weighted by molar-refractivity contribution is -0.164. The van der Waals surface area contributed by atoms with E-state index in [4.69, 9.17) is 0 Å². The molecular formula is C40H60O4. The Morgan fingerprint density at radius 1 is 0.977 bits per heavy atom. The van der Waals surface area contributed by atoms with Gasteiger partial charge in [0.2, 0.25) is 0 Å². The monoisotopic (exact) mass is 604 g/mol. The van der Waals surface area contributed by atoms with Crippen LogP contribution in [-0.2, 0) is 9.59 Å². The van der Waals surface area contributed by atoms with Crippen LogP contribution in [0.1, 0.15) is 125 Å². The lowest BCUT2D eigenvalue weighted by Gasteiger charge is -2.57. The second-order valence-electron chi connectivity index (χ2n) is 16.7. The third-order valence-electron chi connectivity index (χ3n) is 14.7. The molecule has 4 fully saturated rings. The van der Waals surface area contributed by atoms with Crippen molar-refractivity contribution in [2.45, 2.75) is 125 Å². The van der Waals surface area contributed by atoms with E-state index in [1.807, 2.05) is 6.92 Å². The summed E-state index contributed by atoms with van der Waals surface area (Å²) in [5.41, 5.74) is 4.56. The number of rotatable bonds is 7. The Labute approximate surface area is 267 Å². The maximum Gasteiger partial charge on any atom is 0.309 e. The molecule has 0 aliphatic heterocycles. The standard InChI is InChI=1S/C40H60O4/c1-24-11-9-12-29(30(24)23-34-28(5)14-18-32-27(4)15-19-33(36(41)42)40(32,34)8)25(2)13-17-31-26(3)16-20-35-38(31,6)21-10-22-39(35,7)37(43)44/h11,13,27,29-35H,3,5,9-10,12,14-23H2,1-2,4,6-8H3,(H,41,42)(H,43,44)/b25-13+/t27-,29?,30-,31-,32?,33+,34?,35?,38+,39+,40-/m1/s1. The Hall–Kier alpha value is -2.10. The summed E-state index contributed by atoms with van der Waals surface area (Å²) in [5.74, 6) is 1.01. The number of hydrogen-bond acceptors (Lipinski definition) is 2. The molecule has 0 bridgehead atoms. The number of fused-ring (bicyclic) bond motifs is 2. The van der Waals surface area contributed by atoms with E-state index in [1.165, 1.54) is 22.3 Å². The Bertz CT molecular complexity index is 1240. The van der Waals surface area contributed by atoms with Gasteiger partial charge in [0.15, 0.2) is 0 Å². The van der Waals surface area contributed by atoms with E-state index in [9.17, 15) is 19.8 Å². The molecule has 4 heteroatoms. The van der Waals surface area contributed by atoms with Gasteiger partial charge in [-0.3, -0.25) is 9.59 Å². The fraction of sp³-hybridized carbons (Fsp3) is 0.750. The molecule has 4 unspecified atom stereocenters. The van der Waals surface area contributed by atoms with Gasteiger partial charge in [-0.1, -0.05) is 74.8 Å². The minimum absolute atomic E-state index is 0.0355. The molecule has 0 aromatic heterocycles. The smallest absolute Gasteiger partial charge is 0.309 e. The Morgan fingerprint density at radius 2 is 1.66 bits per heavy atom. The van der Waals surface area contributed by atoms with Gasteiger partial charge in [-0.2, -0.15) is 0 Å². The van der Waals surface area contributed by atoms with E-state index in [1.54, 1.807) is 0 Å². The molecule has 44 heavy (non-hydrogen) atoms. The van der Waals surface area contributed by atoms with Gasteiger partial charge in [-0.05, 0) is 150 Å². The minimum atomic E-state index is -0.651. The zero-order chi connectivity index (χ0) is 32.2. The van der Waals surface area contributed by atoms with E-state index in [0.717, 1.165) is 83.5 Å². The van der Waals surface area contributed by atoms with Crippen LogP contribution in [0.2, 0.25) is 0 Å². The first-order valence-electron chi connectivity index (χ1n) is 17.8. The predicted molar refractivity (Wildman–Crippen MR) is 179 cm³/mol. The van der Waals surface area contributed by atoms with Crippen LogP contribution in [-0.4, -0.2) is 22.2 Å². The normalized spacial score (nSPS) is 44.8. The zero-order valence-corrected chi connectivity index (χ0v) is 28.6. The highest BCUT2D eigenvalue weighted by atomic mass is 16.4. The average Bonchev–Trinajstić information content (AvgIpc) is 2.94. The molecule has 0 amide bonds. The van der Waals surface area contributed by atoms with Gasteiger partial charge in [-0.15, -0.1) is 0 Å². The molecule has 4 nitrogen and oxygen atoms in total. The predicted octanol–water partition coefficient (Wildman–Crippen LogP) is 10.3. The van der Waals surface area contributed by atoms with Crippen molar-refractivity contribution in [1.29, 1.82) is 0 Å². The number of allylic oxidation sites excluding steroid dienone is 6. The second kappa shape index (κ2) is 12.3. The maximum atomic E-state index is 12.7. The minimum Gasteiger partial charge on any atom is -0.481 e. The molecule has 0 heterocycles. The van der Waals surface area contributed by atoms with E-state index in [0.29, 0.717) is 29.6 Å². The second-order valence-corrected chi connectivity index (χ2v) is 16.7. The van der Waals surface area contributed by atoms with Crippen LogP contribution in [0.4, 0.5) is 0 Å². The first-order chi connectivity index (χ1) is 20.7. The third kappa shape index (κ3) is 5.38. The van der Waals surface area contributed by atoms with Crippen molar-refractivity contribution < 1.29 is 19.8 Å². The summed E-state index contributed by atoms with van der Waals surface area (Å²) < 4.78 is 0. The summed E-state index contributed by atoms with van der Waals surface area (Å²) in [5, 5.41) is 20.7. The van der Waals surface area contributed by atoms with Crippen LogP contribution < -0.4 is 0 Å². The third-order valence-corrected chi connectivity index (χ3v) is 14.7. The SMILES string of the molecule is C=C1CCC2[C@H](C)CC[C@@H](C(=O)O)[C@]2(C)C1C[C@@H]1C(C)=CCCC1/C(C)=C/C[C@@H]1C(=C)CCC2[C@@](C)(C(=O)O)CCC[C@]21C. The molecule has 5 rings (SSSR count). The van der Waals surface area contributed by atoms with Gasteiger partial charge in [0.1, 0.15) is 0 Å². The van der Waals surface area contributed by atoms with Gasteiger partial charge in [0.05, 0.1) is 11.3 Å². The molecule has 11 atom stereocenters. The van der Waals surface area contributed by atoms with Crippen molar-refractivity contribution in [2.75, 3.05) is 0 Å². The summed E-state index contributed by atoms with van der Waals surface area (Å²) in [4.78, 5) is 25.2. The van der Waals surface area contributed by atoms with Crippen LogP contribution in [0.15, 0.2) is 47.6 Å². The molecular weight excluding hydrogens is 544 g/mol. The molecule has 5 aliphatic rings. The first-order valence-corrected chi connectivity index (χ1v) is 17.8. The fourth-order valence-electron chi connectivity index (χ4n) is 12.1. The first kappa shape index (κ1) is 33.3. The maximum absolute atomic E-state index is 12.7. The molecule has 0 aromatic carbocycles. The van der Waals surface area contributed by atoms with E-state index >= 15 is 0 Å². The number of carbonyl (C=O) groups is 2.